The van der Waals surface area contributed by atoms with E-state index < -0.39 is 29.4 Å². The Balaban J connectivity index is 1.73. The van der Waals surface area contributed by atoms with Gasteiger partial charge in [-0.3, -0.25) is 9.59 Å². The number of benzene rings is 1. The van der Waals surface area contributed by atoms with E-state index in [1.54, 1.807) is 16.9 Å². The number of aromatic nitrogens is 2. The third-order valence-corrected chi connectivity index (χ3v) is 4.08. The Bertz CT molecular complexity index is 785. The van der Waals surface area contributed by atoms with Gasteiger partial charge in [0.15, 0.2) is 0 Å². The molecule has 1 aromatic carbocycles. The summed E-state index contributed by atoms with van der Waals surface area (Å²) in [5.74, 6) is -2.81. The fourth-order valence-electron chi connectivity index (χ4n) is 2.92. The van der Waals surface area contributed by atoms with Crippen molar-refractivity contribution in [2.24, 2.45) is 5.92 Å². The fraction of sp³-hybridized carbons (Fsp3) is 0.353. The van der Waals surface area contributed by atoms with Crippen LogP contribution in [0.1, 0.15) is 19.8 Å². The molecule has 2 amide bonds. The maximum atomic E-state index is 13.4. The molecule has 0 radical (unpaired) electrons. The molecule has 1 aromatic heterocycles. The number of carbonyl (C=O) groups is 2. The van der Waals surface area contributed by atoms with E-state index in [-0.39, 0.29) is 18.7 Å². The first kappa shape index (κ1) is 17.1. The van der Waals surface area contributed by atoms with Crippen LogP contribution in [0.5, 0.6) is 0 Å². The quantitative estimate of drug-likeness (QED) is 0.845. The van der Waals surface area contributed by atoms with Crippen LogP contribution in [0.3, 0.4) is 0 Å². The molecule has 8 heteroatoms. The van der Waals surface area contributed by atoms with Crippen LogP contribution >= 0.6 is 0 Å². The molecule has 1 fully saturated rings. The lowest BCUT2D eigenvalue weighted by atomic mass is 10.1. The molecule has 0 bridgehead atoms. The van der Waals surface area contributed by atoms with Gasteiger partial charge in [0.25, 0.3) is 0 Å². The second kappa shape index (κ2) is 7.00. The van der Waals surface area contributed by atoms with Crippen molar-refractivity contribution in [3.8, 4) is 0 Å². The molecule has 3 rings (SSSR count). The van der Waals surface area contributed by atoms with E-state index in [9.17, 15) is 18.4 Å². The van der Waals surface area contributed by atoms with Gasteiger partial charge in [0, 0.05) is 30.9 Å². The number of aryl methyl sites for hydroxylation is 1. The minimum absolute atomic E-state index is 0.119. The molecule has 132 valence electrons. The van der Waals surface area contributed by atoms with Crippen LogP contribution in [0.4, 0.5) is 20.3 Å². The van der Waals surface area contributed by atoms with Gasteiger partial charge in [0.05, 0.1) is 6.20 Å². The summed E-state index contributed by atoms with van der Waals surface area (Å²) in [7, 11) is 0. The molecular weight excluding hydrogens is 330 g/mol. The van der Waals surface area contributed by atoms with Gasteiger partial charge in [-0.2, -0.15) is 5.10 Å². The number of halogens is 2. The number of carbonyl (C=O) groups excluding carboxylic acids is 2. The normalized spacial score (nSPS) is 17.2. The fourth-order valence-corrected chi connectivity index (χ4v) is 2.92. The van der Waals surface area contributed by atoms with E-state index in [0.29, 0.717) is 12.4 Å². The molecule has 1 atom stereocenters. The summed E-state index contributed by atoms with van der Waals surface area (Å²) in [5.41, 5.74) is 0.119. The molecule has 25 heavy (non-hydrogen) atoms. The third kappa shape index (κ3) is 3.52. The Morgan fingerprint density at radius 1 is 1.32 bits per heavy atom. The Morgan fingerprint density at radius 3 is 2.72 bits per heavy atom. The monoisotopic (exact) mass is 348 g/mol. The van der Waals surface area contributed by atoms with Crippen LogP contribution in [-0.2, 0) is 16.1 Å². The van der Waals surface area contributed by atoms with Crippen LogP contribution in [0, 0.1) is 17.6 Å². The van der Waals surface area contributed by atoms with Crippen molar-refractivity contribution < 1.29 is 18.4 Å². The third-order valence-electron chi connectivity index (χ3n) is 4.08. The Hall–Kier alpha value is -2.77. The number of anilines is 2. The molecular formula is C17H18F2N4O2. The van der Waals surface area contributed by atoms with Crippen molar-refractivity contribution in [2.45, 2.75) is 26.3 Å². The Kier molecular flexibility index (Phi) is 4.78. The van der Waals surface area contributed by atoms with Gasteiger partial charge >= 0.3 is 0 Å². The summed E-state index contributed by atoms with van der Waals surface area (Å²) in [6.45, 7) is 2.87. The maximum absolute atomic E-state index is 13.4. The predicted molar refractivity (Wildman–Crippen MR) is 88.0 cm³/mol. The first-order valence-corrected chi connectivity index (χ1v) is 8.09. The highest BCUT2D eigenvalue weighted by Crippen LogP contribution is 2.27. The highest BCUT2D eigenvalue weighted by atomic mass is 19.1. The number of nitrogens with one attached hydrogen (secondary N) is 1. The molecule has 6 nitrogen and oxygen atoms in total. The lowest BCUT2D eigenvalue weighted by molar-refractivity contribution is -0.129. The lowest BCUT2D eigenvalue weighted by Gasteiger charge is -2.17. The second-order valence-electron chi connectivity index (χ2n) is 5.89. The predicted octanol–water partition coefficient (Wildman–Crippen LogP) is 2.56. The van der Waals surface area contributed by atoms with Crippen LogP contribution in [0.25, 0.3) is 0 Å². The highest BCUT2D eigenvalue weighted by molar-refractivity contribution is 6.13. The number of hydrogen-bond donors (Lipinski definition) is 1. The first-order chi connectivity index (χ1) is 12.0. The molecule has 0 saturated carbocycles. The molecule has 2 aromatic rings. The minimum Gasteiger partial charge on any atom is -0.311 e. The van der Waals surface area contributed by atoms with Crippen molar-refractivity contribution in [2.75, 3.05) is 16.8 Å². The van der Waals surface area contributed by atoms with Crippen molar-refractivity contribution >= 4 is 23.3 Å². The van der Waals surface area contributed by atoms with Gasteiger partial charge in [-0.1, -0.05) is 6.92 Å². The van der Waals surface area contributed by atoms with E-state index >= 15 is 0 Å². The number of amides is 2. The van der Waals surface area contributed by atoms with Crippen molar-refractivity contribution in [3.63, 3.8) is 0 Å². The van der Waals surface area contributed by atoms with E-state index in [4.69, 9.17) is 0 Å². The van der Waals surface area contributed by atoms with Crippen molar-refractivity contribution in [1.82, 2.24) is 9.78 Å². The van der Waals surface area contributed by atoms with Crippen LogP contribution in [0.15, 0.2) is 30.5 Å². The largest absolute Gasteiger partial charge is 0.311 e. The van der Waals surface area contributed by atoms with Gasteiger partial charge in [-0.05, 0) is 25.0 Å². The van der Waals surface area contributed by atoms with Gasteiger partial charge < -0.3 is 10.2 Å². The molecule has 0 unspecified atom stereocenters. The molecule has 1 aliphatic rings. The number of hydrogen-bond acceptors (Lipinski definition) is 3. The van der Waals surface area contributed by atoms with Crippen molar-refractivity contribution in [3.05, 3.63) is 42.1 Å². The zero-order chi connectivity index (χ0) is 18.0. The molecule has 1 aliphatic heterocycles. The lowest BCUT2D eigenvalue weighted by Crippen LogP contribution is -2.33. The topological polar surface area (TPSA) is 67.2 Å². The SMILES string of the molecule is CCCn1nccc1NC(=O)[C@@H]1CCN(c2cc(F)cc(F)c2)C1=O. The first-order valence-electron chi connectivity index (χ1n) is 8.09. The Morgan fingerprint density at radius 2 is 2.04 bits per heavy atom. The van der Waals surface area contributed by atoms with Gasteiger partial charge in [-0.25, -0.2) is 13.5 Å². The van der Waals surface area contributed by atoms with Crippen LogP contribution in [0.2, 0.25) is 0 Å². The average Bonchev–Trinajstić information content (AvgIpc) is 3.13. The highest BCUT2D eigenvalue weighted by Gasteiger charge is 2.38. The molecule has 2 heterocycles. The smallest absolute Gasteiger partial charge is 0.239 e. The summed E-state index contributed by atoms with van der Waals surface area (Å²) in [4.78, 5) is 26.2. The van der Waals surface area contributed by atoms with Crippen molar-refractivity contribution in [1.29, 1.82) is 0 Å². The van der Waals surface area contributed by atoms with Gasteiger partial charge in [0.1, 0.15) is 23.4 Å². The molecule has 1 saturated heterocycles. The van der Waals surface area contributed by atoms with Crippen LogP contribution < -0.4 is 10.2 Å². The standard InChI is InChI=1S/C17H18F2N4O2/c1-2-6-23-15(3-5-20-23)21-16(24)14-4-7-22(17(14)25)13-9-11(18)8-12(19)10-13/h3,5,8-10,14H,2,4,6-7H2,1H3,(H,21,24)/t14-/m0/s1. The molecule has 0 spiro atoms. The summed E-state index contributed by atoms with van der Waals surface area (Å²) >= 11 is 0. The Labute approximate surface area is 143 Å². The molecule has 0 aliphatic carbocycles. The molecule has 1 N–H and O–H groups in total. The summed E-state index contributed by atoms with van der Waals surface area (Å²) < 4.78 is 28.4. The number of nitrogens with zero attached hydrogens (tertiary/aromatic N) is 3. The van der Waals surface area contributed by atoms with Gasteiger partial charge in [-0.15, -0.1) is 0 Å². The van der Waals surface area contributed by atoms with E-state index in [1.807, 2.05) is 6.92 Å². The zero-order valence-electron chi connectivity index (χ0n) is 13.7. The summed E-state index contributed by atoms with van der Waals surface area (Å²) in [6, 6.07) is 4.56. The summed E-state index contributed by atoms with van der Waals surface area (Å²) in [5, 5.41) is 6.82. The van der Waals surface area contributed by atoms with E-state index in [1.165, 1.54) is 4.90 Å². The summed E-state index contributed by atoms with van der Waals surface area (Å²) in [6.07, 6.45) is 2.71. The number of rotatable bonds is 5. The van der Waals surface area contributed by atoms with Gasteiger partial charge in [0.2, 0.25) is 11.8 Å². The van der Waals surface area contributed by atoms with E-state index in [0.717, 1.165) is 24.6 Å². The minimum atomic E-state index is -0.892. The average molecular weight is 348 g/mol. The van der Waals surface area contributed by atoms with Crippen LogP contribution in [-0.4, -0.2) is 28.1 Å². The maximum Gasteiger partial charge on any atom is 0.239 e. The zero-order valence-corrected chi connectivity index (χ0v) is 13.7. The van der Waals surface area contributed by atoms with E-state index in [2.05, 4.69) is 10.4 Å². The second-order valence-corrected chi connectivity index (χ2v) is 5.89.